The minimum atomic E-state index is 0.0869. The zero-order chi connectivity index (χ0) is 15.2. The van der Waals surface area contributed by atoms with Crippen molar-refractivity contribution in [2.75, 3.05) is 37.7 Å². The minimum absolute atomic E-state index is 0.0869. The zero-order valence-electron chi connectivity index (χ0n) is 12.7. The molecule has 2 aliphatic rings. The molecular formula is C15H23N5O2. The number of rotatable bonds is 4. The fourth-order valence-corrected chi connectivity index (χ4v) is 2.99. The monoisotopic (exact) mass is 305 g/mol. The van der Waals surface area contributed by atoms with E-state index in [-0.39, 0.29) is 18.0 Å². The van der Waals surface area contributed by atoms with E-state index >= 15 is 0 Å². The van der Waals surface area contributed by atoms with Crippen LogP contribution >= 0.6 is 0 Å². The summed E-state index contributed by atoms with van der Waals surface area (Å²) in [5, 5.41) is 6.44. The van der Waals surface area contributed by atoms with Crippen molar-refractivity contribution in [1.29, 1.82) is 0 Å². The van der Waals surface area contributed by atoms with E-state index in [1.807, 2.05) is 6.07 Å². The van der Waals surface area contributed by atoms with Gasteiger partial charge in [-0.2, -0.15) is 0 Å². The summed E-state index contributed by atoms with van der Waals surface area (Å²) >= 11 is 0. The number of morpholine rings is 1. The van der Waals surface area contributed by atoms with Crippen LogP contribution in [-0.2, 0) is 9.53 Å². The first-order chi connectivity index (χ1) is 10.8. The lowest BCUT2D eigenvalue weighted by Crippen LogP contribution is -2.50. The highest BCUT2D eigenvalue weighted by Gasteiger charge is 2.24. The fourth-order valence-electron chi connectivity index (χ4n) is 2.99. The number of carbonyl (C=O) groups excluding carboxylic acids is 1. The molecule has 120 valence electrons. The second kappa shape index (κ2) is 7.51. The van der Waals surface area contributed by atoms with Crippen LogP contribution in [0.1, 0.15) is 19.3 Å². The van der Waals surface area contributed by atoms with Gasteiger partial charge in [-0.3, -0.25) is 4.79 Å². The van der Waals surface area contributed by atoms with E-state index in [9.17, 15) is 4.79 Å². The summed E-state index contributed by atoms with van der Waals surface area (Å²) < 4.78 is 5.38. The first-order valence-corrected chi connectivity index (χ1v) is 7.94. The largest absolute Gasteiger partial charge is 0.378 e. The van der Waals surface area contributed by atoms with Crippen molar-refractivity contribution in [1.82, 2.24) is 20.6 Å². The number of aromatic nitrogens is 2. The van der Waals surface area contributed by atoms with E-state index in [0.29, 0.717) is 13.0 Å². The molecule has 0 bridgehead atoms. The molecule has 2 N–H and O–H groups in total. The van der Waals surface area contributed by atoms with Crippen LogP contribution in [0.3, 0.4) is 0 Å². The maximum absolute atomic E-state index is 12.2. The first kappa shape index (κ1) is 15.2. The van der Waals surface area contributed by atoms with Crippen LogP contribution in [0.15, 0.2) is 18.5 Å². The number of anilines is 1. The molecule has 1 aromatic rings. The van der Waals surface area contributed by atoms with Crippen molar-refractivity contribution in [3.05, 3.63) is 18.5 Å². The third-order valence-corrected chi connectivity index (χ3v) is 4.05. The van der Waals surface area contributed by atoms with E-state index < -0.39 is 0 Å². The summed E-state index contributed by atoms with van der Waals surface area (Å²) in [6.07, 6.45) is 6.01. The van der Waals surface area contributed by atoms with E-state index in [4.69, 9.17) is 4.74 Å². The average molecular weight is 305 g/mol. The predicted octanol–water partition coefficient (Wildman–Crippen LogP) is -0.0599. The van der Waals surface area contributed by atoms with E-state index in [0.717, 1.165) is 45.0 Å². The molecule has 22 heavy (non-hydrogen) atoms. The van der Waals surface area contributed by atoms with Gasteiger partial charge >= 0.3 is 0 Å². The van der Waals surface area contributed by atoms with Gasteiger partial charge in [0.1, 0.15) is 0 Å². The number of hydrogen-bond acceptors (Lipinski definition) is 6. The van der Waals surface area contributed by atoms with E-state index in [1.165, 1.54) is 0 Å². The third kappa shape index (κ3) is 4.14. The van der Waals surface area contributed by atoms with Crippen LogP contribution in [0.2, 0.25) is 0 Å². The van der Waals surface area contributed by atoms with Gasteiger partial charge in [0, 0.05) is 50.5 Å². The first-order valence-electron chi connectivity index (χ1n) is 7.94. The molecule has 3 rings (SSSR count). The second-order valence-electron chi connectivity index (χ2n) is 5.83. The topological polar surface area (TPSA) is 79.4 Å². The van der Waals surface area contributed by atoms with Crippen LogP contribution in [-0.4, -0.2) is 60.8 Å². The van der Waals surface area contributed by atoms with Gasteiger partial charge in [0.2, 0.25) is 11.9 Å². The van der Waals surface area contributed by atoms with Crippen molar-refractivity contribution < 1.29 is 9.53 Å². The second-order valence-corrected chi connectivity index (χ2v) is 5.83. The molecule has 7 nitrogen and oxygen atoms in total. The quantitative estimate of drug-likeness (QED) is 0.811. The van der Waals surface area contributed by atoms with E-state index in [2.05, 4.69) is 25.5 Å². The van der Waals surface area contributed by atoms with Gasteiger partial charge in [-0.15, -0.1) is 0 Å². The molecule has 2 saturated heterocycles. The molecule has 2 atom stereocenters. The van der Waals surface area contributed by atoms with Crippen molar-refractivity contribution in [3.8, 4) is 0 Å². The van der Waals surface area contributed by atoms with Crippen LogP contribution in [0, 0.1) is 0 Å². The molecule has 1 aromatic heterocycles. The van der Waals surface area contributed by atoms with Crippen molar-refractivity contribution in [2.24, 2.45) is 0 Å². The number of amides is 1. The number of ether oxygens (including phenoxy) is 1. The van der Waals surface area contributed by atoms with Gasteiger partial charge in [-0.05, 0) is 18.9 Å². The van der Waals surface area contributed by atoms with Crippen LogP contribution in [0.25, 0.3) is 0 Å². The number of hydrogen-bond donors (Lipinski definition) is 2. The van der Waals surface area contributed by atoms with Gasteiger partial charge in [-0.25, -0.2) is 9.97 Å². The van der Waals surface area contributed by atoms with Gasteiger partial charge in [0.25, 0.3) is 0 Å². The molecule has 0 aliphatic carbocycles. The Labute approximate surface area is 130 Å². The third-order valence-electron chi connectivity index (χ3n) is 4.05. The summed E-state index contributed by atoms with van der Waals surface area (Å²) in [6.45, 7) is 3.87. The molecule has 1 amide bonds. The Balaban J connectivity index is 1.48. The van der Waals surface area contributed by atoms with Crippen LogP contribution in [0.5, 0.6) is 0 Å². The molecule has 0 aromatic carbocycles. The SMILES string of the molecule is O=C(CC1COCCN1)NC1CCCN(c2ncccn2)C1. The number of nitrogens with zero attached hydrogens (tertiary/aromatic N) is 3. The molecule has 7 heteroatoms. The lowest BCUT2D eigenvalue weighted by Gasteiger charge is -2.33. The average Bonchev–Trinajstić information content (AvgIpc) is 2.57. The molecule has 0 radical (unpaired) electrons. The Kier molecular flexibility index (Phi) is 5.18. The van der Waals surface area contributed by atoms with E-state index in [1.54, 1.807) is 12.4 Å². The lowest BCUT2D eigenvalue weighted by atomic mass is 10.1. The molecule has 2 aliphatic heterocycles. The van der Waals surface area contributed by atoms with Gasteiger partial charge in [-0.1, -0.05) is 0 Å². The summed E-state index contributed by atoms with van der Waals surface area (Å²) in [6, 6.07) is 2.10. The number of piperidine rings is 1. The lowest BCUT2D eigenvalue weighted by molar-refractivity contribution is -0.123. The Hall–Kier alpha value is -1.73. The zero-order valence-corrected chi connectivity index (χ0v) is 12.7. The predicted molar refractivity (Wildman–Crippen MR) is 82.6 cm³/mol. The van der Waals surface area contributed by atoms with Gasteiger partial charge in [0.05, 0.1) is 13.2 Å². The highest BCUT2D eigenvalue weighted by atomic mass is 16.5. The minimum Gasteiger partial charge on any atom is -0.378 e. The van der Waals surface area contributed by atoms with Crippen molar-refractivity contribution in [2.45, 2.75) is 31.3 Å². The number of nitrogens with one attached hydrogen (secondary N) is 2. The maximum atomic E-state index is 12.2. The van der Waals surface area contributed by atoms with Crippen LogP contribution < -0.4 is 15.5 Å². The Morgan fingerprint density at radius 1 is 1.45 bits per heavy atom. The highest BCUT2D eigenvalue weighted by Crippen LogP contribution is 2.15. The summed E-state index contributed by atoms with van der Waals surface area (Å²) in [5.41, 5.74) is 0. The maximum Gasteiger partial charge on any atom is 0.225 e. The molecule has 0 spiro atoms. The van der Waals surface area contributed by atoms with Crippen molar-refractivity contribution in [3.63, 3.8) is 0 Å². The molecule has 3 heterocycles. The standard InChI is InChI=1S/C15H23N5O2/c21-14(9-13-11-22-8-6-16-13)19-12-3-1-7-20(10-12)15-17-4-2-5-18-15/h2,4-5,12-13,16H,1,3,6-11H2,(H,19,21). The van der Waals surface area contributed by atoms with Crippen LogP contribution in [0.4, 0.5) is 5.95 Å². The Morgan fingerprint density at radius 3 is 3.09 bits per heavy atom. The Bertz CT molecular complexity index is 478. The summed E-state index contributed by atoms with van der Waals surface area (Å²) in [7, 11) is 0. The van der Waals surface area contributed by atoms with Crippen molar-refractivity contribution >= 4 is 11.9 Å². The smallest absolute Gasteiger partial charge is 0.225 e. The summed E-state index contributed by atoms with van der Waals surface area (Å²) in [4.78, 5) is 22.9. The molecular weight excluding hydrogens is 282 g/mol. The van der Waals surface area contributed by atoms with Gasteiger partial charge < -0.3 is 20.3 Å². The number of carbonyl (C=O) groups is 1. The molecule has 2 unspecified atom stereocenters. The molecule has 0 saturated carbocycles. The summed E-state index contributed by atoms with van der Waals surface area (Å²) in [5.74, 6) is 0.827. The fraction of sp³-hybridized carbons (Fsp3) is 0.667. The highest BCUT2D eigenvalue weighted by molar-refractivity contribution is 5.77. The normalized spacial score (nSPS) is 25.7. The van der Waals surface area contributed by atoms with Gasteiger partial charge in [0.15, 0.2) is 0 Å². The molecule has 2 fully saturated rings. The Morgan fingerprint density at radius 2 is 2.32 bits per heavy atom.